The maximum atomic E-state index is 12.6. The Bertz CT molecular complexity index is 842. The van der Waals surface area contributed by atoms with Crippen LogP contribution < -0.4 is 5.32 Å². The molecular formula is C19H26N4O3S. The molecule has 2 aromatic heterocycles. The van der Waals surface area contributed by atoms with Crippen molar-refractivity contribution in [2.45, 2.75) is 40.2 Å². The van der Waals surface area contributed by atoms with Gasteiger partial charge in [0.05, 0.1) is 18.4 Å². The van der Waals surface area contributed by atoms with Crippen LogP contribution in [0.1, 0.15) is 57.6 Å². The second-order valence-electron chi connectivity index (χ2n) is 7.20. The van der Waals surface area contributed by atoms with Crippen LogP contribution in [0.5, 0.6) is 0 Å². The molecule has 1 amide bonds. The van der Waals surface area contributed by atoms with E-state index in [0.717, 1.165) is 31.2 Å². The van der Waals surface area contributed by atoms with E-state index in [1.807, 2.05) is 5.38 Å². The Morgan fingerprint density at radius 3 is 2.93 bits per heavy atom. The molecule has 27 heavy (non-hydrogen) atoms. The van der Waals surface area contributed by atoms with Gasteiger partial charge in [0.2, 0.25) is 0 Å². The number of aryl methyl sites for hydroxylation is 1. The van der Waals surface area contributed by atoms with E-state index in [1.54, 1.807) is 13.8 Å². The van der Waals surface area contributed by atoms with Crippen LogP contribution in [0.2, 0.25) is 0 Å². The van der Waals surface area contributed by atoms with E-state index in [4.69, 9.17) is 4.74 Å². The zero-order valence-corrected chi connectivity index (χ0v) is 17.0. The average molecular weight is 391 g/mol. The summed E-state index contributed by atoms with van der Waals surface area (Å²) in [5, 5.41) is 5.38. The van der Waals surface area contributed by atoms with Gasteiger partial charge in [0.25, 0.3) is 5.91 Å². The second kappa shape index (κ2) is 8.22. The lowest BCUT2D eigenvalue weighted by Gasteiger charge is -2.30. The molecule has 7 nitrogen and oxygen atoms in total. The topological polar surface area (TPSA) is 87.3 Å². The highest BCUT2D eigenvalue weighted by Crippen LogP contribution is 2.23. The summed E-state index contributed by atoms with van der Waals surface area (Å²) < 4.78 is 4.79. The van der Waals surface area contributed by atoms with Crippen LogP contribution in [-0.2, 0) is 11.3 Å². The standard InChI is InChI=1S/C19H26N4O3S/c1-11-6-5-7-23(8-11)9-14-10-27-19(21-14)22-17(24)16-12(2)15(13(3)20-16)18(25)26-4/h10-11,20H,5-9H2,1-4H3,(H,21,22,24). The summed E-state index contributed by atoms with van der Waals surface area (Å²) in [6.45, 7) is 8.76. The number of esters is 1. The third kappa shape index (κ3) is 4.39. The zero-order valence-electron chi connectivity index (χ0n) is 16.2. The van der Waals surface area contributed by atoms with E-state index in [-0.39, 0.29) is 5.91 Å². The summed E-state index contributed by atoms with van der Waals surface area (Å²) in [5.41, 5.74) is 2.93. The minimum absolute atomic E-state index is 0.307. The summed E-state index contributed by atoms with van der Waals surface area (Å²) in [6.07, 6.45) is 2.51. The third-order valence-corrected chi connectivity index (χ3v) is 5.76. The highest BCUT2D eigenvalue weighted by Gasteiger charge is 2.23. The quantitative estimate of drug-likeness (QED) is 0.765. The van der Waals surface area contributed by atoms with Crippen molar-refractivity contribution in [1.82, 2.24) is 14.9 Å². The number of aromatic nitrogens is 2. The molecule has 1 atom stereocenters. The van der Waals surface area contributed by atoms with Crippen molar-refractivity contribution >= 4 is 28.3 Å². The van der Waals surface area contributed by atoms with Gasteiger partial charge in [0, 0.05) is 24.2 Å². The molecule has 0 aliphatic carbocycles. The van der Waals surface area contributed by atoms with Crippen LogP contribution in [0.25, 0.3) is 0 Å². The van der Waals surface area contributed by atoms with Crippen LogP contribution in [0.15, 0.2) is 5.38 Å². The summed E-state index contributed by atoms with van der Waals surface area (Å²) >= 11 is 1.41. The van der Waals surface area contributed by atoms with E-state index >= 15 is 0 Å². The monoisotopic (exact) mass is 390 g/mol. The number of thiazole rings is 1. The number of aromatic amines is 1. The van der Waals surface area contributed by atoms with Gasteiger partial charge < -0.3 is 9.72 Å². The Labute approximate surface area is 163 Å². The van der Waals surface area contributed by atoms with E-state index in [0.29, 0.717) is 27.6 Å². The number of methoxy groups -OCH3 is 1. The first-order chi connectivity index (χ1) is 12.9. The average Bonchev–Trinajstić information content (AvgIpc) is 3.18. The van der Waals surface area contributed by atoms with Crippen molar-refractivity contribution in [1.29, 1.82) is 0 Å². The molecular weight excluding hydrogens is 364 g/mol. The number of carbonyl (C=O) groups excluding carboxylic acids is 2. The van der Waals surface area contributed by atoms with E-state index in [9.17, 15) is 9.59 Å². The van der Waals surface area contributed by atoms with Gasteiger partial charge in [0.15, 0.2) is 5.13 Å². The van der Waals surface area contributed by atoms with E-state index in [2.05, 4.69) is 27.1 Å². The SMILES string of the molecule is COC(=O)c1c(C)[nH]c(C(=O)Nc2nc(CN3CCCC(C)C3)cs2)c1C. The molecule has 0 aromatic carbocycles. The number of anilines is 1. The van der Waals surface area contributed by atoms with Crippen molar-refractivity contribution in [2.75, 3.05) is 25.5 Å². The Hall–Kier alpha value is -2.19. The minimum Gasteiger partial charge on any atom is -0.465 e. The Kier molecular flexibility index (Phi) is 5.96. The number of ether oxygens (including phenoxy) is 1. The molecule has 1 aliphatic heterocycles. The molecule has 3 rings (SSSR count). The number of hydrogen-bond acceptors (Lipinski definition) is 6. The first-order valence-electron chi connectivity index (χ1n) is 9.14. The Morgan fingerprint density at radius 1 is 1.44 bits per heavy atom. The van der Waals surface area contributed by atoms with Crippen molar-refractivity contribution in [3.63, 3.8) is 0 Å². The second-order valence-corrected chi connectivity index (χ2v) is 8.06. The fraction of sp³-hybridized carbons (Fsp3) is 0.526. The molecule has 1 unspecified atom stereocenters. The number of carbonyl (C=O) groups is 2. The lowest BCUT2D eigenvalue weighted by atomic mass is 10.0. The molecule has 146 valence electrons. The lowest BCUT2D eigenvalue weighted by molar-refractivity contribution is 0.0599. The van der Waals surface area contributed by atoms with E-state index < -0.39 is 5.97 Å². The number of likely N-dealkylation sites (tertiary alicyclic amines) is 1. The van der Waals surface area contributed by atoms with Gasteiger partial charge in [-0.2, -0.15) is 0 Å². The number of amides is 1. The van der Waals surface area contributed by atoms with Crippen molar-refractivity contribution in [3.05, 3.63) is 33.6 Å². The number of hydrogen-bond donors (Lipinski definition) is 2. The first-order valence-corrected chi connectivity index (χ1v) is 10.0. The highest BCUT2D eigenvalue weighted by molar-refractivity contribution is 7.13. The lowest BCUT2D eigenvalue weighted by Crippen LogP contribution is -2.33. The van der Waals surface area contributed by atoms with Crippen LogP contribution in [0.3, 0.4) is 0 Å². The van der Waals surface area contributed by atoms with Crippen molar-refractivity contribution < 1.29 is 14.3 Å². The molecule has 1 aliphatic rings. The third-order valence-electron chi connectivity index (χ3n) is 4.95. The minimum atomic E-state index is -0.451. The fourth-order valence-electron chi connectivity index (χ4n) is 3.64. The summed E-state index contributed by atoms with van der Waals surface area (Å²) in [5.74, 6) is -0.0366. The molecule has 1 fully saturated rings. The van der Waals surface area contributed by atoms with Crippen LogP contribution in [0.4, 0.5) is 5.13 Å². The molecule has 0 spiro atoms. The summed E-state index contributed by atoms with van der Waals surface area (Å²) in [4.78, 5) is 34.4. The highest BCUT2D eigenvalue weighted by atomic mass is 32.1. The van der Waals surface area contributed by atoms with E-state index in [1.165, 1.54) is 31.3 Å². The molecule has 2 N–H and O–H groups in total. The van der Waals surface area contributed by atoms with Gasteiger partial charge in [-0.15, -0.1) is 11.3 Å². The predicted molar refractivity (Wildman–Crippen MR) is 105 cm³/mol. The number of nitrogens with one attached hydrogen (secondary N) is 2. The van der Waals surface area contributed by atoms with Crippen molar-refractivity contribution in [2.24, 2.45) is 5.92 Å². The number of nitrogens with zero attached hydrogens (tertiary/aromatic N) is 2. The Morgan fingerprint density at radius 2 is 2.22 bits per heavy atom. The predicted octanol–water partition coefficient (Wildman–Crippen LogP) is 3.36. The molecule has 8 heteroatoms. The van der Waals surface area contributed by atoms with Gasteiger partial charge in [0.1, 0.15) is 5.69 Å². The van der Waals surface area contributed by atoms with Crippen LogP contribution in [-0.4, -0.2) is 46.9 Å². The van der Waals surface area contributed by atoms with Crippen LogP contribution in [0, 0.1) is 19.8 Å². The Balaban J connectivity index is 1.67. The largest absolute Gasteiger partial charge is 0.465 e. The molecule has 2 aromatic rings. The number of H-pyrrole nitrogens is 1. The zero-order chi connectivity index (χ0) is 19.6. The maximum absolute atomic E-state index is 12.6. The maximum Gasteiger partial charge on any atom is 0.339 e. The van der Waals surface area contributed by atoms with Gasteiger partial charge in [-0.3, -0.25) is 15.0 Å². The molecule has 0 radical (unpaired) electrons. The molecule has 0 bridgehead atoms. The normalized spacial score (nSPS) is 17.7. The van der Waals surface area contributed by atoms with Gasteiger partial charge in [-0.05, 0) is 44.7 Å². The smallest absolute Gasteiger partial charge is 0.339 e. The van der Waals surface area contributed by atoms with Gasteiger partial charge in [-0.25, -0.2) is 9.78 Å². The fourth-order valence-corrected chi connectivity index (χ4v) is 4.34. The van der Waals surface area contributed by atoms with Gasteiger partial charge >= 0.3 is 5.97 Å². The summed E-state index contributed by atoms with van der Waals surface area (Å²) in [6, 6.07) is 0. The molecule has 0 saturated carbocycles. The number of rotatable bonds is 5. The first kappa shape index (κ1) is 19.6. The van der Waals surface area contributed by atoms with Crippen LogP contribution >= 0.6 is 11.3 Å². The van der Waals surface area contributed by atoms with Gasteiger partial charge in [-0.1, -0.05) is 6.92 Å². The van der Waals surface area contributed by atoms with Crippen molar-refractivity contribution in [3.8, 4) is 0 Å². The number of piperidine rings is 1. The molecule has 3 heterocycles. The molecule has 1 saturated heterocycles. The summed E-state index contributed by atoms with van der Waals surface area (Å²) in [7, 11) is 1.33.